The molecule has 3 rings (SSSR count). The van der Waals surface area contributed by atoms with Gasteiger partial charge < -0.3 is 15.1 Å². The molecule has 1 fully saturated rings. The molecule has 1 saturated heterocycles. The quantitative estimate of drug-likeness (QED) is 0.531. The Morgan fingerprint density at radius 2 is 1.47 bits per heavy atom. The number of nitrogens with zero attached hydrogens (tertiary/aromatic N) is 2. The second-order valence-corrected chi connectivity index (χ2v) is 7.06. The molecular formula is C22H19F6N3O. The lowest BCUT2D eigenvalue weighted by molar-refractivity contribution is -0.138. The maximum atomic E-state index is 12.9. The van der Waals surface area contributed by atoms with Crippen molar-refractivity contribution in [2.75, 3.05) is 37.6 Å². The first-order valence-electron chi connectivity index (χ1n) is 9.65. The van der Waals surface area contributed by atoms with Gasteiger partial charge in [0.2, 0.25) is 0 Å². The van der Waals surface area contributed by atoms with E-state index in [1.807, 2.05) is 0 Å². The van der Waals surface area contributed by atoms with Crippen molar-refractivity contribution < 1.29 is 31.1 Å². The highest BCUT2D eigenvalue weighted by Crippen LogP contribution is 2.32. The zero-order valence-corrected chi connectivity index (χ0v) is 16.7. The first-order chi connectivity index (χ1) is 15.0. The number of piperazine rings is 1. The Hall–Kier alpha value is -3.35. The Balaban J connectivity index is 1.49. The van der Waals surface area contributed by atoms with Crippen molar-refractivity contribution in [3.63, 3.8) is 0 Å². The molecule has 1 heterocycles. The van der Waals surface area contributed by atoms with Crippen LogP contribution in [-0.2, 0) is 12.4 Å². The SMILES string of the molecule is O=C(NCC#Cc1cccc(C(F)(F)F)c1)N1CCN(c2cccc(C(F)(F)F)c2)CC1. The van der Waals surface area contributed by atoms with Crippen LogP contribution in [0.15, 0.2) is 48.5 Å². The van der Waals surface area contributed by atoms with E-state index in [0.717, 1.165) is 24.3 Å². The van der Waals surface area contributed by atoms with Gasteiger partial charge in [-0.25, -0.2) is 4.79 Å². The number of rotatable bonds is 2. The molecule has 0 spiro atoms. The highest BCUT2D eigenvalue weighted by atomic mass is 19.4. The van der Waals surface area contributed by atoms with Gasteiger partial charge in [-0.3, -0.25) is 0 Å². The van der Waals surface area contributed by atoms with Gasteiger partial charge in [-0.05, 0) is 36.4 Å². The summed E-state index contributed by atoms with van der Waals surface area (Å²) >= 11 is 0. The molecule has 0 atom stereocenters. The lowest BCUT2D eigenvalue weighted by atomic mass is 10.1. The summed E-state index contributed by atoms with van der Waals surface area (Å²) in [5.41, 5.74) is -0.905. The zero-order chi connectivity index (χ0) is 23.4. The van der Waals surface area contributed by atoms with E-state index in [4.69, 9.17) is 0 Å². The maximum absolute atomic E-state index is 12.9. The van der Waals surface area contributed by atoms with Crippen LogP contribution in [0.1, 0.15) is 16.7 Å². The van der Waals surface area contributed by atoms with Gasteiger partial charge in [0.25, 0.3) is 0 Å². The molecule has 4 nitrogen and oxygen atoms in total. The molecule has 32 heavy (non-hydrogen) atoms. The van der Waals surface area contributed by atoms with Crippen molar-refractivity contribution in [3.8, 4) is 11.8 Å². The third kappa shape index (κ3) is 6.09. The summed E-state index contributed by atoms with van der Waals surface area (Å²) in [5, 5.41) is 2.57. The first kappa shape index (κ1) is 23.3. The smallest absolute Gasteiger partial charge is 0.368 e. The van der Waals surface area contributed by atoms with Gasteiger partial charge in [-0.2, -0.15) is 26.3 Å². The molecule has 10 heteroatoms. The van der Waals surface area contributed by atoms with E-state index in [-0.39, 0.29) is 12.1 Å². The van der Waals surface area contributed by atoms with Crippen molar-refractivity contribution in [1.29, 1.82) is 0 Å². The average Bonchev–Trinajstić information content (AvgIpc) is 2.76. The van der Waals surface area contributed by atoms with Crippen LogP contribution in [0.4, 0.5) is 36.8 Å². The average molecular weight is 455 g/mol. The summed E-state index contributed by atoms with van der Waals surface area (Å²) in [6.07, 6.45) is -8.88. The van der Waals surface area contributed by atoms with Crippen LogP contribution in [0.25, 0.3) is 0 Å². The fourth-order valence-electron chi connectivity index (χ4n) is 3.20. The number of hydrogen-bond acceptors (Lipinski definition) is 2. The molecule has 2 aromatic rings. The topological polar surface area (TPSA) is 35.6 Å². The summed E-state index contributed by atoms with van der Waals surface area (Å²) in [5.74, 6) is 5.19. The predicted molar refractivity (Wildman–Crippen MR) is 107 cm³/mol. The minimum atomic E-state index is -4.46. The van der Waals surface area contributed by atoms with Crippen LogP contribution in [-0.4, -0.2) is 43.7 Å². The number of nitrogens with one attached hydrogen (secondary N) is 1. The summed E-state index contributed by atoms with van der Waals surface area (Å²) in [4.78, 5) is 15.5. The fraction of sp³-hybridized carbons (Fsp3) is 0.318. The minimum Gasteiger partial charge on any atom is -0.368 e. The summed E-state index contributed by atoms with van der Waals surface area (Å²) in [6.45, 7) is 1.30. The van der Waals surface area contributed by atoms with Gasteiger partial charge in [0, 0.05) is 37.4 Å². The van der Waals surface area contributed by atoms with Crippen molar-refractivity contribution in [1.82, 2.24) is 10.2 Å². The largest absolute Gasteiger partial charge is 0.416 e. The summed E-state index contributed by atoms with van der Waals surface area (Å²) in [6, 6.07) is 9.22. The number of halogens is 6. The molecule has 0 aromatic heterocycles. The monoisotopic (exact) mass is 455 g/mol. The van der Waals surface area contributed by atoms with Gasteiger partial charge in [-0.15, -0.1) is 0 Å². The number of amides is 2. The second-order valence-electron chi connectivity index (χ2n) is 7.06. The lowest BCUT2D eigenvalue weighted by Crippen LogP contribution is -2.52. The molecule has 2 amide bonds. The lowest BCUT2D eigenvalue weighted by Gasteiger charge is -2.36. The molecule has 0 saturated carbocycles. The van der Waals surface area contributed by atoms with E-state index in [0.29, 0.717) is 31.9 Å². The molecule has 0 radical (unpaired) electrons. The third-order valence-electron chi connectivity index (χ3n) is 4.86. The Bertz CT molecular complexity index is 1010. The standard InChI is InChI=1S/C22H19F6N3O/c23-21(24,25)17-6-1-4-16(14-17)5-3-9-29-20(32)31-12-10-30(11-13-31)19-8-2-7-18(15-19)22(26,27)28/h1-2,4,6-8,14-15H,9-13H2,(H,29,32). The van der Waals surface area contributed by atoms with Crippen LogP contribution >= 0.6 is 0 Å². The fourth-order valence-corrected chi connectivity index (χ4v) is 3.20. The summed E-state index contributed by atoms with van der Waals surface area (Å²) in [7, 11) is 0. The molecular weight excluding hydrogens is 436 g/mol. The molecule has 1 aliphatic rings. The van der Waals surface area contributed by atoms with E-state index in [1.165, 1.54) is 23.1 Å². The Labute approximate surface area is 180 Å². The molecule has 1 N–H and O–H groups in total. The minimum absolute atomic E-state index is 0.0527. The highest BCUT2D eigenvalue weighted by molar-refractivity contribution is 5.75. The van der Waals surface area contributed by atoms with Crippen molar-refractivity contribution in [2.45, 2.75) is 12.4 Å². The predicted octanol–water partition coefficient (Wildman–Crippen LogP) is 4.61. The Morgan fingerprint density at radius 3 is 2.09 bits per heavy atom. The molecule has 0 unspecified atom stereocenters. The van der Waals surface area contributed by atoms with E-state index in [9.17, 15) is 31.1 Å². The van der Waals surface area contributed by atoms with Crippen molar-refractivity contribution >= 4 is 11.7 Å². The highest BCUT2D eigenvalue weighted by Gasteiger charge is 2.31. The van der Waals surface area contributed by atoms with Gasteiger partial charge in [0.1, 0.15) is 0 Å². The van der Waals surface area contributed by atoms with E-state index in [2.05, 4.69) is 17.2 Å². The molecule has 1 aliphatic heterocycles. The number of hydrogen-bond donors (Lipinski definition) is 1. The van der Waals surface area contributed by atoms with E-state index >= 15 is 0 Å². The van der Waals surface area contributed by atoms with E-state index in [1.54, 1.807) is 11.0 Å². The van der Waals surface area contributed by atoms with Crippen molar-refractivity contribution in [3.05, 3.63) is 65.2 Å². The molecule has 0 bridgehead atoms. The van der Waals surface area contributed by atoms with Crippen molar-refractivity contribution in [2.24, 2.45) is 0 Å². The Morgan fingerprint density at radius 1 is 0.875 bits per heavy atom. The van der Waals surface area contributed by atoms with Gasteiger partial charge in [0.15, 0.2) is 0 Å². The van der Waals surface area contributed by atoms with Crippen LogP contribution in [0, 0.1) is 11.8 Å². The molecule has 0 aliphatic carbocycles. The number of anilines is 1. The van der Waals surface area contributed by atoms with Crippen LogP contribution in [0.3, 0.4) is 0 Å². The third-order valence-corrected chi connectivity index (χ3v) is 4.86. The molecule has 2 aromatic carbocycles. The number of benzene rings is 2. The van der Waals surface area contributed by atoms with Crippen LogP contribution in [0.2, 0.25) is 0 Å². The normalized spacial score (nSPS) is 14.6. The number of carbonyl (C=O) groups excluding carboxylic acids is 1. The van der Waals surface area contributed by atoms with Crippen LogP contribution in [0.5, 0.6) is 0 Å². The van der Waals surface area contributed by atoms with Gasteiger partial charge in [0.05, 0.1) is 17.7 Å². The number of urea groups is 1. The summed E-state index contributed by atoms with van der Waals surface area (Å²) < 4.78 is 76.8. The molecule has 170 valence electrons. The second kappa shape index (κ2) is 9.42. The van der Waals surface area contributed by atoms with Gasteiger partial charge in [-0.1, -0.05) is 24.0 Å². The van der Waals surface area contributed by atoms with Crippen LogP contribution < -0.4 is 10.2 Å². The zero-order valence-electron chi connectivity index (χ0n) is 16.7. The maximum Gasteiger partial charge on any atom is 0.416 e. The first-order valence-corrected chi connectivity index (χ1v) is 9.65. The number of alkyl halides is 6. The number of carbonyl (C=O) groups is 1. The Kier molecular flexibility index (Phi) is 6.87. The van der Waals surface area contributed by atoms with Gasteiger partial charge >= 0.3 is 18.4 Å². The van der Waals surface area contributed by atoms with E-state index < -0.39 is 29.5 Å².